The molecule has 286 valence electrons. The van der Waals surface area contributed by atoms with Crippen LogP contribution in [-0.2, 0) is 36.7 Å². The Hall–Kier alpha value is -4.36. The molecule has 1 aliphatic rings. The molecule has 0 aromatic heterocycles. The van der Waals surface area contributed by atoms with Crippen molar-refractivity contribution in [2.75, 3.05) is 20.3 Å². The Bertz CT molecular complexity index is 1530. The fourth-order valence-electron chi connectivity index (χ4n) is 5.19. The first-order chi connectivity index (χ1) is 24.3. The maximum absolute atomic E-state index is 14.3. The number of nitrogens with zero attached hydrogens (tertiary/aromatic N) is 1. The van der Waals surface area contributed by atoms with Crippen molar-refractivity contribution in [1.82, 2.24) is 21.1 Å². The normalized spacial score (nSPS) is 16.2. The molecule has 3 rings (SSSR count). The van der Waals surface area contributed by atoms with Crippen molar-refractivity contribution in [2.45, 2.75) is 116 Å². The van der Waals surface area contributed by atoms with Gasteiger partial charge in [0.05, 0.1) is 13.7 Å². The van der Waals surface area contributed by atoms with E-state index in [-0.39, 0.29) is 24.5 Å². The summed E-state index contributed by atoms with van der Waals surface area (Å²) in [5, 5.41) is 6.98. The fraction of sp³-hybridized carbons (Fsp3) is 0.538. The topological polar surface area (TPSA) is 145 Å². The van der Waals surface area contributed by atoms with E-state index in [1.54, 1.807) is 58.2 Å². The smallest absolute Gasteiger partial charge is 0.408 e. The highest BCUT2D eigenvalue weighted by molar-refractivity contribution is 6.74. The molecule has 52 heavy (non-hydrogen) atoms. The first kappa shape index (κ1) is 42.1. The van der Waals surface area contributed by atoms with Gasteiger partial charge in [-0.1, -0.05) is 51.1 Å². The Kier molecular flexibility index (Phi) is 14.9. The minimum absolute atomic E-state index is 0.0289. The number of alkyl carbamates (subject to hydrolysis) is 1. The number of hydrogen-bond acceptors (Lipinski definition) is 9. The second-order valence-electron chi connectivity index (χ2n) is 15.6. The number of rotatable bonds is 15. The van der Waals surface area contributed by atoms with Crippen molar-refractivity contribution in [3.63, 3.8) is 0 Å². The third kappa shape index (κ3) is 13.0. The molecule has 1 heterocycles. The summed E-state index contributed by atoms with van der Waals surface area (Å²) in [6, 6.07) is 11.8. The molecule has 12 nitrogen and oxygen atoms in total. The quantitative estimate of drug-likeness (QED) is 0.0887. The number of carbonyl (C=O) groups excluding carboxylic acids is 4. The van der Waals surface area contributed by atoms with E-state index in [9.17, 15) is 19.2 Å². The van der Waals surface area contributed by atoms with E-state index in [4.69, 9.17) is 18.6 Å². The van der Waals surface area contributed by atoms with Crippen molar-refractivity contribution in [3.05, 3.63) is 72.3 Å². The molecule has 0 unspecified atom stereocenters. The number of ether oxygens (including phenoxy) is 3. The molecule has 0 bridgehead atoms. The summed E-state index contributed by atoms with van der Waals surface area (Å²) in [6.45, 7) is 20.2. The molecule has 0 saturated carbocycles. The van der Waals surface area contributed by atoms with Crippen LogP contribution in [0.2, 0.25) is 18.1 Å². The molecule has 1 aliphatic heterocycles. The highest BCUT2D eigenvalue weighted by Gasteiger charge is 2.39. The summed E-state index contributed by atoms with van der Waals surface area (Å²) in [6.07, 6.45) is 2.69. The zero-order valence-corrected chi connectivity index (χ0v) is 33.3. The molecule has 2 aromatic rings. The number of nitrogens with one attached hydrogen (secondary N) is 3. The van der Waals surface area contributed by atoms with Gasteiger partial charge < -0.3 is 29.3 Å². The highest BCUT2D eigenvalue weighted by atomic mass is 28.4. The van der Waals surface area contributed by atoms with Gasteiger partial charge in [-0.25, -0.2) is 10.2 Å². The third-order valence-corrected chi connectivity index (χ3v) is 13.4. The van der Waals surface area contributed by atoms with Gasteiger partial charge in [-0.15, -0.1) is 6.58 Å². The Labute approximate surface area is 310 Å². The zero-order valence-electron chi connectivity index (χ0n) is 32.3. The first-order valence-corrected chi connectivity index (χ1v) is 20.8. The van der Waals surface area contributed by atoms with E-state index in [1.165, 1.54) is 5.01 Å². The van der Waals surface area contributed by atoms with Crippen molar-refractivity contribution >= 4 is 32.2 Å². The molecule has 0 spiro atoms. The van der Waals surface area contributed by atoms with Crippen LogP contribution in [-0.4, -0.2) is 81.2 Å². The average Bonchev–Trinajstić information content (AvgIpc) is 3.06. The van der Waals surface area contributed by atoms with Crippen LogP contribution in [0.25, 0.3) is 0 Å². The Morgan fingerprint density at radius 3 is 2.25 bits per heavy atom. The second-order valence-corrected chi connectivity index (χ2v) is 20.3. The number of esters is 1. The molecule has 0 aliphatic carbocycles. The van der Waals surface area contributed by atoms with E-state index in [0.717, 1.165) is 11.1 Å². The summed E-state index contributed by atoms with van der Waals surface area (Å²) >= 11 is 0. The second kappa shape index (κ2) is 18.4. The molecule has 0 radical (unpaired) electrons. The molecule has 13 heteroatoms. The molecule has 3 atom stereocenters. The number of hydrogen-bond donors (Lipinski definition) is 3. The highest BCUT2D eigenvalue weighted by Crippen LogP contribution is 2.37. The van der Waals surface area contributed by atoms with Crippen molar-refractivity contribution in [1.29, 1.82) is 0 Å². The number of benzene rings is 2. The van der Waals surface area contributed by atoms with Crippen LogP contribution in [0.3, 0.4) is 0 Å². The minimum atomic E-state index is -2.17. The number of methoxy groups -OCH3 is 1. The Morgan fingerprint density at radius 2 is 1.63 bits per heavy atom. The van der Waals surface area contributed by atoms with Gasteiger partial charge in [0.2, 0.25) is 14.2 Å². The number of hydrazine groups is 1. The molecule has 2 aromatic carbocycles. The monoisotopic (exact) mass is 738 g/mol. The Morgan fingerprint density at radius 1 is 0.962 bits per heavy atom. The van der Waals surface area contributed by atoms with Crippen LogP contribution in [0.15, 0.2) is 61.2 Å². The molecule has 1 saturated heterocycles. The van der Waals surface area contributed by atoms with Gasteiger partial charge in [0, 0.05) is 19.4 Å². The lowest BCUT2D eigenvalue weighted by Gasteiger charge is -2.36. The minimum Gasteiger partial charge on any atom is -0.543 e. The Balaban J connectivity index is 1.94. The summed E-state index contributed by atoms with van der Waals surface area (Å²) < 4.78 is 22.7. The standard InChI is InChI=1S/C39H58N4O8Si/c1-11-12-23-49-36(46)31-17-14-22-43(42-31)35(45)33(26-28-15-13-16-30(24-28)51-52(9,10)39(5,6)7)40-34(44)32(41-37(47)50-38(2,3)4)25-27-18-20-29(48-8)21-19-27/h11,13,15-16,18-21,24,31-33,42H,1,12,14,17,22-23,25-26H2,2-10H3,(H,40,44)(H,41,47)/t31-,32-,33-/m0/s1. The zero-order chi connectivity index (χ0) is 38.7. The van der Waals surface area contributed by atoms with Crippen molar-refractivity contribution in [3.8, 4) is 11.5 Å². The van der Waals surface area contributed by atoms with Crippen LogP contribution in [0.1, 0.15) is 71.9 Å². The van der Waals surface area contributed by atoms with Gasteiger partial charge in [0.15, 0.2) is 0 Å². The van der Waals surface area contributed by atoms with E-state index < -0.39 is 55.9 Å². The van der Waals surface area contributed by atoms with E-state index in [0.29, 0.717) is 37.3 Å². The first-order valence-electron chi connectivity index (χ1n) is 17.9. The predicted molar refractivity (Wildman–Crippen MR) is 203 cm³/mol. The largest absolute Gasteiger partial charge is 0.543 e. The predicted octanol–water partition coefficient (Wildman–Crippen LogP) is 5.86. The third-order valence-electron chi connectivity index (χ3n) is 9.04. The SMILES string of the molecule is C=CCCOC(=O)[C@@H]1CCCN(C(=O)[C@H](Cc2cccc(O[Si](C)(C)C(C)(C)C)c2)NC(=O)[C@H](Cc2ccc(OC)cc2)NC(=O)OC(C)(C)C)N1. The van der Waals surface area contributed by atoms with Gasteiger partial charge in [0.1, 0.15) is 35.2 Å². The molecule has 3 amide bonds. The van der Waals surface area contributed by atoms with E-state index in [1.807, 2.05) is 24.3 Å². The van der Waals surface area contributed by atoms with Gasteiger partial charge in [-0.3, -0.25) is 19.4 Å². The lowest BCUT2D eigenvalue weighted by atomic mass is 10.0. The maximum atomic E-state index is 14.3. The number of amides is 3. The molecule has 3 N–H and O–H groups in total. The average molecular weight is 739 g/mol. The molecule has 1 fully saturated rings. The molecular formula is C39H58N4O8Si. The lowest BCUT2D eigenvalue weighted by Crippen LogP contribution is -2.61. The van der Waals surface area contributed by atoms with Crippen LogP contribution in [0.5, 0.6) is 11.5 Å². The molecular weight excluding hydrogens is 681 g/mol. The van der Waals surface area contributed by atoms with Crippen molar-refractivity contribution in [2.24, 2.45) is 0 Å². The lowest BCUT2D eigenvalue weighted by molar-refractivity contribution is -0.153. The summed E-state index contributed by atoms with van der Waals surface area (Å²) in [5.41, 5.74) is 3.75. The maximum Gasteiger partial charge on any atom is 0.408 e. The van der Waals surface area contributed by atoms with Gasteiger partial charge in [-0.2, -0.15) is 0 Å². The van der Waals surface area contributed by atoms with E-state index >= 15 is 0 Å². The number of carbonyl (C=O) groups is 4. The van der Waals surface area contributed by atoms with Gasteiger partial charge in [-0.05, 0) is 93.6 Å². The van der Waals surface area contributed by atoms with Crippen LogP contribution in [0.4, 0.5) is 4.79 Å². The van der Waals surface area contributed by atoms with Crippen LogP contribution < -0.4 is 25.2 Å². The van der Waals surface area contributed by atoms with Gasteiger partial charge >= 0.3 is 12.1 Å². The van der Waals surface area contributed by atoms with Crippen LogP contribution >= 0.6 is 0 Å². The van der Waals surface area contributed by atoms with Crippen molar-refractivity contribution < 1.29 is 37.8 Å². The summed E-state index contributed by atoms with van der Waals surface area (Å²) in [4.78, 5) is 54.2. The summed E-state index contributed by atoms with van der Waals surface area (Å²) in [5.74, 6) is -0.146. The summed E-state index contributed by atoms with van der Waals surface area (Å²) in [7, 11) is -0.607. The van der Waals surface area contributed by atoms with Gasteiger partial charge in [0.25, 0.3) is 5.91 Å². The van der Waals surface area contributed by atoms with E-state index in [2.05, 4.69) is 56.5 Å². The van der Waals surface area contributed by atoms with Crippen LogP contribution in [0, 0.1) is 0 Å². The fourth-order valence-corrected chi connectivity index (χ4v) is 6.22.